The molecule has 16 atom stereocenters. The minimum absolute atomic E-state index is 0.00668. The van der Waals surface area contributed by atoms with Crippen molar-refractivity contribution in [2.75, 3.05) is 0 Å². The molecule has 4 fully saturated rings. The van der Waals surface area contributed by atoms with Gasteiger partial charge >= 0.3 is 12.1 Å². The number of aliphatic carboxylic acids is 1. The number of nitrogens with one attached hydrogen (secondary N) is 1. The number of hydrogen-bond donors (Lipinski definition) is 3. The molecule has 0 radical (unpaired) electrons. The van der Waals surface area contributed by atoms with E-state index in [1.807, 2.05) is 46.8 Å². The molecule has 0 bridgehead atoms. The minimum atomic E-state index is -1.29. The second kappa shape index (κ2) is 17.0. The monoisotopic (exact) mass is 778 g/mol. The van der Waals surface area contributed by atoms with Crippen LogP contribution in [0.25, 0.3) is 0 Å². The van der Waals surface area contributed by atoms with E-state index in [0.717, 1.165) is 25.7 Å². The molecule has 0 aromatic rings. The van der Waals surface area contributed by atoms with Gasteiger partial charge in [0.25, 0.3) is 0 Å². The molecular weight excluding hydrogens is 706 g/mol. The summed E-state index contributed by atoms with van der Waals surface area (Å²) in [5.41, 5.74) is -1.37. The van der Waals surface area contributed by atoms with Gasteiger partial charge in [0.15, 0.2) is 11.6 Å². The lowest BCUT2D eigenvalue weighted by Gasteiger charge is -2.54. The van der Waals surface area contributed by atoms with Crippen LogP contribution in [0.3, 0.4) is 0 Å². The summed E-state index contributed by atoms with van der Waals surface area (Å²) in [6.07, 6.45) is 7.54. The molecule has 2 spiro atoms. The van der Waals surface area contributed by atoms with Gasteiger partial charge < -0.3 is 44.0 Å². The Kier molecular flexibility index (Phi) is 13.6. The van der Waals surface area contributed by atoms with Gasteiger partial charge in [-0.25, -0.2) is 4.79 Å². The summed E-state index contributed by atoms with van der Waals surface area (Å²) >= 11 is 0. The average molecular weight is 778 g/mol. The molecule has 3 N–H and O–H groups in total. The third-order valence-corrected chi connectivity index (χ3v) is 13.3. The lowest BCUT2D eigenvalue weighted by Crippen LogP contribution is -2.65. The number of Topliss-reactive ketones (excluding diaryl/α,β-unsaturated/α-hetero) is 1. The van der Waals surface area contributed by atoms with Crippen molar-refractivity contribution in [1.29, 1.82) is 0 Å². The van der Waals surface area contributed by atoms with Gasteiger partial charge in [0.1, 0.15) is 17.4 Å². The van der Waals surface area contributed by atoms with Crippen LogP contribution < -0.4 is 5.32 Å². The van der Waals surface area contributed by atoms with Crippen LogP contribution in [0, 0.1) is 35.5 Å². The van der Waals surface area contributed by atoms with Crippen molar-refractivity contribution in [1.82, 2.24) is 5.32 Å². The summed E-state index contributed by atoms with van der Waals surface area (Å²) in [4.78, 5) is 39.1. The molecule has 5 aliphatic heterocycles. The molecule has 314 valence electrons. The fraction of sp³-hybridized carbons (Fsp3) is 0.884. The number of hydrogen-bond acceptors (Lipinski definition) is 10. The first kappa shape index (κ1) is 44.0. The van der Waals surface area contributed by atoms with E-state index < -0.39 is 71.0 Å². The van der Waals surface area contributed by atoms with E-state index in [-0.39, 0.29) is 54.2 Å². The molecule has 5 aliphatic rings. The Hall–Kier alpha value is -2.09. The third-order valence-electron chi connectivity index (χ3n) is 13.3. The molecule has 0 aliphatic carbocycles. The molecule has 0 saturated carbocycles. The summed E-state index contributed by atoms with van der Waals surface area (Å²) in [5.74, 6) is -5.15. The van der Waals surface area contributed by atoms with E-state index in [0.29, 0.717) is 32.1 Å². The molecule has 2 unspecified atom stereocenters. The number of amides is 1. The lowest BCUT2D eigenvalue weighted by molar-refractivity contribution is -0.397. The highest BCUT2D eigenvalue weighted by Gasteiger charge is 2.63. The molecule has 4 saturated heterocycles. The number of carboxylic acid groups (broad SMARTS) is 1. The molecular formula is C43H71NO11. The maximum atomic E-state index is 14.5. The third kappa shape index (κ3) is 9.62. The number of aliphatic hydroxyl groups excluding tert-OH is 1. The first-order valence-corrected chi connectivity index (χ1v) is 21.1. The fourth-order valence-electron chi connectivity index (χ4n) is 10.1. The first-order valence-electron chi connectivity index (χ1n) is 21.1. The van der Waals surface area contributed by atoms with Crippen LogP contribution in [-0.4, -0.2) is 93.5 Å². The predicted octanol–water partition coefficient (Wildman–Crippen LogP) is 7.33. The zero-order valence-corrected chi connectivity index (χ0v) is 35.3. The van der Waals surface area contributed by atoms with Crippen LogP contribution in [0.5, 0.6) is 0 Å². The van der Waals surface area contributed by atoms with Gasteiger partial charge in [-0.05, 0) is 104 Å². The molecule has 12 heteroatoms. The summed E-state index contributed by atoms with van der Waals surface area (Å²) < 4.78 is 39.7. The maximum Gasteiger partial charge on any atom is 0.408 e. The Morgan fingerprint density at radius 1 is 0.964 bits per heavy atom. The highest BCUT2D eigenvalue weighted by molar-refractivity contribution is 5.84. The summed E-state index contributed by atoms with van der Waals surface area (Å²) in [5, 5.41) is 24.1. The van der Waals surface area contributed by atoms with Gasteiger partial charge in [-0.15, -0.1) is 0 Å². The minimum Gasteiger partial charge on any atom is -0.481 e. The zero-order chi connectivity index (χ0) is 40.7. The van der Waals surface area contributed by atoms with Crippen molar-refractivity contribution >= 4 is 17.8 Å². The standard InChI is InChI=1S/C43H71NO11/c1-12-31(36(48)28(6)35(47)29(7)37-24(2)16-17-30(51-37)23-34(45)46)38-25(3)22-26(4)42(52-38)19-18-32(44-39(49)53-40(8,9)10)43(55-42)21-20-41(11,54-43)33-15-13-14-27(5)50-33/h18-19,24-33,35,37-38,47H,12-17,20-23H2,1-11H3,(H,44,49)(H,45,46)/t24-,25-,26+,27-,28-,29-,30+,31?,32?,33+,35+,37+,38-,41-,42-,43-/m0/s1. The fourth-order valence-corrected chi connectivity index (χ4v) is 10.1. The molecule has 5 heterocycles. The maximum absolute atomic E-state index is 14.5. The predicted molar refractivity (Wildman–Crippen MR) is 206 cm³/mol. The second-order valence-electron chi connectivity index (χ2n) is 19.0. The number of rotatable bonds is 11. The molecule has 12 nitrogen and oxygen atoms in total. The normalized spacial score (nSPS) is 41.7. The number of carboxylic acids is 1. The number of carbonyl (C=O) groups is 3. The van der Waals surface area contributed by atoms with Gasteiger partial charge in [-0.3, -0.25) is 9.59 Å². The highest BCUT2D eigenvalue weighted by Crippen LogP contribution is 2.53. The number of aliphatic hydroxyl groups is 1. The molecule has 0 aromatic heterocycles. The van der Waals surface area contributed by atoms with Gasteiger partial charge in [-0.2, -0.15) is 0 Å². The van der Waals surface area contributed by atoms with Crippen LogP contribution in [0.15, 0.2) is 12.2 Å². The summed E-state index contributed by atoms with van der Waals surface area (Å²) in [6, 6.07) is -0.677. The van der Waals surface area contributed by atoms with Crippen LogP contribution in [0.1, 0.15) is 140 Å². The van der Waals surface area contributed by atoms with E-state index in [1.165, 1.54) is 0 Å². The topological polar surface area (TPSA) is 159 Å². The Morgan fingerprint density at radius 3 is 2.31 bits per heavy atom. The Balaban J connectivity index is 1.39. The van der Waals surface area contributed by atoms with Gasteiger partial charge in [-0.1, -0.05) is 47.6 Å². The van der Waals surface area contributed by atoms with E-state index in [9.17, 15) is 24.6 Å². The van der Waals surface area contributed by atoms with Crippen molar-refractivity contribution in [3.63, 3.8) is 0 Å². The largest absolute Gasteiger partial charge is 0.481 e. The van der Waals surface area contributed by atoms with E-state index >= 15 is 0 Å². The summed E-state index contributed by atoms with van der Waals surface area (Å²) in [6.45, 7) is 21.5. The lowest BCUT2D eigenvalue weighted by atomic mass is 9.72. The Bertz CT molecular complexity index is 1400. The van der Waals surface area contributed by atoms with Crippen molar-refractivity contribution in [3.05, 3.63) is 12.2 Å². The quantitative estimate of drug-likeness (QED) is 0.180. The summed E-state index contributed by atoms with van der Waals surface area (Å²) in [7, 11) is 0. The van der Waals surface area contributed by atoms with E-state index in [2.05, 4.69) is 39.9 Å². The van der Waals surface area contributed by atoms with Gasteiger partial charge in [0.05, 0.1) is 48.6 Å². The SMILES string of the molecule is CCC(C(=O)[C@@H](C)[C@@H](O)[C@H](C)[C@@H]1O[C@@H](CC(=O)O)CC[C@@H]1C)[C@H]1O[C@]2(C=CC(NC(=O)OC(C)(C)C)[C@]3(CC[C@@](C)([C@H]4CCC[C@H](C)O4)O3)O2)[C@H](C)C[C@@H]1C. The number of ether oxygens (including phenoxy) is 6. The highest BCUT2D eigenvalue weighted by atomic mass is 16.8. The van der Waals surface area contributed by atoms with Crippen LogP contribution in [0.4, 0.5) is 4.79 Å². The number of carbonyl (C=O) groups excluding carboxylic acids is 2. The van der Waals surface area contributed by atoms with Gasteiger partial charge in [0.2, 0.25) is 0 Å². The van der Waals surface area contributed by atoms with E-state index in [1.54, 1.807) is 6.92 Å². The zero-order valence-electron chi connectivity index (χ0n) is 35.3. The molecule has 0 aromatic carbocycles. The molecule has 5 rings (SSSR count). The van der Waals surface area contributed by atoms with Crippen LogP contribution in [-0.2, 0) is 38.0 Å². The second-order valence-corrected chi connectivity index (χ2v) is 19.0. The molecule has 55 heavy (non-hydrogen) atoms. The number of ketones is 1. The Morgan fingerprint density at radius 2 is 1.67 bits per heavy atom. The average Bonchev–Trinajstić information content (AvgIpc) is 3.44. The van der Waals surface area contributed by atoms with Crippen molar-refractivity contribution in [2.45, 2.75) is 206 Å². The first-order chi connectivity index (χ1) is 25.6. The number of alkyl carbamates (subject to hydrolysis) is 1. The van der Waals surface area contributed by atoms with Crippen molar-refractivity contribution < 1.29 is 53.0 Å². The van der Waals surface area contributed by atoms with Crippen molar-refractivity contribution in [3.8, 4) is 0 Å². The Labute approximate surface area is 329 Å². The van der Waals surface area contributed by atoms with E-state index in [4.69, 9.17) is 28.4 Å². The smallest absolute Gasteiger partial charge is 0.408 e. The van der Waals surface area contributed by atoms with Crippen LogP contribution in [0.2, 0.25) is 0 Å². The van der Waals surface area contributed by atoms with Crippen molar-refractivity contribution in [2.24, 2.45) is 35.5 Å². The molecule has 1 amide bonds. The van der Waals surface area contributed by atoms with Crippen LogP contribution >= 0.6 is 0 Å². The van der Waals surface area contributed by atoms with Gasteiger partial charge in [0, 0.05) is 30.1 Å².